The van der Waals surface area contributed by atoms with Gasteiger partial charge in [-0.15, -0.1) is 0 Å². The van der Waals surface area contributed by atoms with E-state index in [0.717, 1.165) is 36.2 Å². The number of hydrogen-bond donors (Lipinski definition) is 0. The number of allylic oxidation sites excluding steroid dienone is 3. The van der Waals surface area contributed by atoms with Gasteiger partial charge in [-0.1, -0.05) is 31.9 Å². The van der Waals surface area contributed by atoms with Gasteiger partial charge in [-0.05, 0) is 70.7 Å². The quantitative estimate of drug-likeness (QED) is 0.205. The van der Waals surface area contributed by atoms with Crippen LogP contribution in [-0.4, -0.2) is 35.4 Å². The van der Waals surface area contributed by atoms with E-state index in [2.05, 4.69) is 26.0 Å². The van der Waals surface area contributed by atoms with Crippen LogP contribution in [-0.2, 0) is 35.0 Å². The molecule has 1 saturated carbocycles. The molecule has 4 rings (SSSR count). The fourth-order valence-electron chi connectivity index (χ4n) is 6.94. The zero-order valence-electron chi connectivity index (χ0n) is 25.9. The standard InChI is InChI=1S/C33H44O8/c1-20(11-12-25-17-26(37-22(3)34)16-21(2)29(25)39-24(5)36)15-27-18-31(8)13-10-14-32(31,9)33(40-27)19-28(38-23(4)35)30(6,7)41-33/h11,16-18,28H,10,12-15,19H2,1-9H3/t28-,31+,32+,33+/m1/s1. The molecular formula is C33H44O8. The summed E-state index contributed by atoms with van der Waals surface area (Å²) in [6.45, 7) is 16.5. The number of carbonyl (C=O) groups is 3. The number of fused-ring (bicyclic) bond motifs is 2. The van der Waals surface area contributed by atoms with Crippen molar-refractivity contribution in [2.24, 2.45) is 10.8 Å². The lowest BCUT2D eigenvalue weighted by Gasteiger charge is -2.54. The third-order valence-corrected chi connectivity index (χ3v) is 9.17. The van der Waals surface area contributed by atoms with E-state index in [0.29, 0.717) is 36.3 Å². The Bertz CT molecular complexity index is 1310. The van der Waals surface area contributed by atoms with Gasteiger partial charge in [-0.2, -0.15) is 0 Å². The summed E-state index contributed by atoms with van der Waals surface area (Å²) in [4.78, 5) is 35.3. The molecule has 0 N–H and O–H groups in total. The van der Waals surface area contributed by atoms with E-state index in [1.165, 1.54) is 20.8 Å². The van der Waals surface area contributed by atoms with Crippen molar-refractivity contribution in [2.75, 3.05) is 0 Å². The van der Waals surface area contributed by atoms with Gasteiger partial charge < -0.3 is 23.7 Å². The van der Waals surface area contributed by atoms with Crippen molar-refractivity contribution in [1.29, 1.82) is 0 Å². The van der Waals surface area contributed by atoms with Crippen molar-refractivity contribution in [2.45, 2.75) is 118 Å². The van der Waals surface area contributed by atoms with E-state index in [4.69, 9.17) is 23.7 Å². The summed E-state index contributed by atoms with van der Waals surface area (Å²) in [5.74, 6) is -0.358. The first-order chi connectivity index (χ1) is 19.0. The van der Waals surface area contributed by atoms with Crippen molar-refractivity contribution in [3.8, 4) is 11.5 Å². The third-order valence-electron chi connectivity index (χ3n) is 9.17. The second-order valence-electron chi connectivity index (χ2n) is 12.9. The maximum absolute atomic E-state index is 11.9. The molecule has 0 radical (unpaired) electrons. The minimum atomic E-state index is -0.913. The van der Waals surface area contributed by atoms with Gasteiger partial charge in [0.1, 0.15) is 29.0 Å². The Labute approximate surface area is 243 Å². The van der Waals surface area contributed by atoms with Crippen LogP contribution in [0.4, 0.5) is 0 Å². The molecule has 2 fully saturated rings. The van der Waals surface area contributed by atoms with Gasteiger partial charge in [-0.3, -0.25) is 14.4 Å². The van der Waals surface area contributed by atoms with E-state index in [-0.39, 0.29) is 16.8 Å². The molecule has 8 heteroatoms. The molecule has 224 valence electrons. The van der Waals surface area contributed by atoms with E-state index in [1.807, 2.05) is 27.7 Å². The fraction of sp³-hybridized carbons (Fsp3) is 0.606. The van der Waals surface area contributed by atoms with Crippen LogP contribution in [0.25, 0.3) is 0 Å². The van der Waals surface area contributed by atoms with Gasteiger partial charge >= 0.3 is 17.9 Å². The molecule has 2 aliphatic heterocycles. The van der Waals surface area contributed by atoms with Crippen LogP contribution in [0.2, 0.25) is 0 Å². The van der Waals surface area contributed by atoms with Crippen molar-refractivity contribution in [3.05, 3.63) is 46.7 Å². The molecule has 3 aliphatic rings. The molecule has 41 heavy (non-hydrogen) atoms. The number of ether oxygens (including phenoxy) is 5. The average Bonchev–Trinajstić information content (AvgIpc) is 3.26. The zero-order valence-corrected chi connectivity index (χ0v) is 25.9. The number of carbonyl (C=O) groups excluding carboxylic acids is 3. The highest BCUT2D eigenvalue weighted by Crippen LogP contribution is 2.67. The van der Waals surface area contributed by atoms with Crippen LogP contribution >= 0.6 is 0 Å². The summed E-state index contributed by atoms with van der Waals surface area (Å²) in [6.07, 6.45) is 8.49. The van der Waals surface area contributed by atoms with E-state index < -0.39 is 29.4 Å². The lowest BCUT2D eigenvalue weighted by Crippen LogP contribution is -2.57. The molecule has 1 saturated heterocycles. The minimum absolute atomic E-state index is 0.139. The van der Waals surface area contributed by atoms with Crippen molar-refractivity contribution in [3.63, 3.8) is 0 Å². The predicted octanol–water partition coefficient (Wildman–Crippen LogP) is 6.66. The summed E-state index contributed by atoms with van der Waals surface area (Å²) in [7, 11) is 0. The van der Waals surface area contributed by atoms with Gasteiger partial charge in [-0.25, -0.2) is 0 Å². The summed E-state index contributed by atoms with van der Waals surface area (Å²) >= 11 is 0. The zero-order chi connectivity index (χ0) is 30.4. The summed E-state index contributed by atoms with van der Waals surface area (Å²) in [5.41, 5.74) is 1.41. The first-order valence-electron chi connectivity index (χ1n) is 14.4. The molecular weight excluding hydrogens is 524 g/mol. The highest BCUT2D eigenvalue weighted by molar-refractivity contribution is 5.72. The van der Waals surface area contributed by atoms with Gasteiger partial charge in [0, 0.05) is 43.6 Å². The summed E-state index contributed by atoms with van der Waals surface area (Å²) in [6, 6.07) is 3.42. The Morgan fingerprint density at radius 3 is 2.29 bits per heavy atom. The number of rotatable bonds is 7. The Morgan fingerprint density at radius 1 is 0.976 bits per heavy atom. The summed E-state index contributed by atoms with van der Waals surface area (Å²) < 4.78 is 30.2. The molecule has 0 bridgehead atoms. The highest BCUT2D eigenvalue weighted by atomic mass is 16.7. The van der Waals surface area contributed by atoms with Crippen LogP contribution in [0.5, 0.6) is 11.5 Å². The topological polar surface area (TPSA) is 97.4 Å². The van der Waals surface area contributed by atoms with Crippen molar-refractivity contribution in [1.82, 2.24) is 0 Å². The molecule has 1 aromatic carbocycles. The molecule has 0 aromatic heterocycles. The highest BCUT2D eigenvalue weighted by Gasteiger charge is 2.70. The monoisotopic (exact) mass is 568 g/mol. The predicted molar refractivity (Wildman–Crippen MR) is 153 cm³/mol. The molecule has 0 unspecified atom stereocenters. The molecule has 1 aromatic rings. The van der Waals surface area contributed by atoms with E-state index in [1.54, 1.807) is 12.1 Å². The van der Waals surface area contributed by atoms with Crippen molar-refractivity contribution < 1.29 is 38.1 Å². The molecule has 2 heterocycles. The SMILES string of the molecule is CC(=O)Oc1cc(C)c(OC(C)=O)c(CC=C(C)CC2=C[C@]3(C)CCC[C@]3(C)[C@@]3(C[C@@H](OC(C)=O)C(C)(C)O3)O2)c1. The number of benzene rings is 1. The Morgan fingerprint density at radius 2 is 1.66 bits per heavy atom. The maximum Gasteiger partial charge on any atom is 0.308 e. The van der Waals surface area contributed by atoms with Crippen molar-refractivity contribution >= 4 is 17.9 Å². The van der Waals surface area contributed by atoms with Gasteiger partial charge in [0.15, 0.2) is 0 Å². The largest absolute Gasteiger partial charge is 0.466 e. The minimum Gasteiger partial charge on any atom is -0.466 e. The molecule has 4 atom stereocenters. The average molecular weight is 569 g/mol. The second-order valence-corrected chi connectivity index (χ2v) is 12.9. The Kier molecular flexibility index (Phi) is 8.22. The first kappa shape index (κ1) is 30.8. The van der Waals surface area contributed by atoms with E-state index in [9.17, 15) is 14.4 Å². The smallest absolute Gasteiger partial charge is 0.308 e. The molecule has 0 amide bonds. The number of aryl methyl sites for hydroxylation is 1. The lowest BCUT2D eigenvalue weighted by atomic mass is 9.60. The van der Waals surface area contributed by atoms with Crippen LogP contribution in [0.15, 0.2) is 35.6 Å². The molecule has 1 aliphatic carbocycles. The first-order valence-corrected chi connectivity index (χ1v) is 14.4. The van der Waals surface area contributed by atoms with Crippen LogP contribution in [0.1, 0.15) is 98.6 Å². The third kappa shape index (κ3) is 5.94. The Balaban J connectivity index is 1.62. The number of esters is 3. The van der Waals surface area contributed by atoms with Crippen LogP contribution in [0, 0.1) is 17.8 Å². The second kappa shape index (κ2) is 10.9. The lowest BCUT2D eigenvalue weighted by molar-refractivity contribution is -0.309. The van der Waals surface area contributed by atoms with Crippen LogP contribution < -0.4 is 9.47 Å². The molecule has 1 spiro atoms. The normalized spacial score (nSPS) is 30.3. The van der Waals surface area contributed by atoms with Gasteiger partial charge in [0.05, 0.1) is 6.42 Å². The van der Waals surface area contributed by atoms with Gasteiger partial charge in [0.2, 0.25) is 5.79 Å². The van der Waals surface area contributed by atoms with Gasteiger partial charge in [0.25, 0.3) is 0 Å². The molecule has 8 nitrogen and oxygen atoms in total. The Hall–Kier alpha value is -3.13. The summed E-state index contributed by atoms with van der Waals surface area (Å²) in [5, 5.41) is 0. The van der Waals surface area contributed by atoms with E-state index >= 15 is 0 Å². The van der Waals surface area contributed by atoms with Crippen LogP contribution in [0.3, 0.4) is 0 Å². The fourth-order valence-corrected chi connectivity index (χ4v) is 6.94. The number of hydrogen-bond acceptors (Lipinski definition) is 8. The maximum atomic E-state index is 11.9.